The molecule has 0 spiro atoms. The van der Waals surface area contributed by atoms with Crippen LogP contribution < -0.4 is 10.5 Å². The highest BCUT2D eigenvalue weighted by Gasteiger charge is 2.13. The molecule has 0 atom stereocenters. The van der Waals surface area contributed by atoms with E-state index in [9.17, 15) is 8.42 Å². The van der Waals surface area contributed by atoms with Crippen molar-refractivity contribution in [3.63, 3.8) is 0 Å². The lowest BCUT2D eigenvalue weighted by atomic mass is 10.1. The van der Waals surface area contributed by atoms with E-state index in [0.29, 0.717) is 13.0 Å². The normalized spacial score (nSPS) is 11.4. The molecule has 0 amide bonds. The monoisotopic (exact) mass is 291 g/mol. The van der Waals surface area contributed by atoms with E-state index in [4.69, 9.17) is 5.73 Å². The molecule has 1 aromatic carbocycles. The van der Waals surface area contributed by atoms with Crippen LogP contribution in [-0.2, 0) is 16.4 Å². The van der Waals surface area contributed by atoms with Crippen molar-refractivity contribution in [2.45, 2.75) is 18.2 Å². The second-order valence-corrected chi connectivity index (χ2v) is 6.32. The first-order valence-electron chi connectivity index (χ1n) is 6.24. The molecule has 5 nitrogen and oxygen atoms in total. The lowest BCUT2D eigenvalue weighted by Gasteiger charge is -2.07. The number of nitrogens with one attached hydrogen (secondary N) is 1. The highest BCUT2D eigenvalue weighted by atomic mass is 32.2. The van der Waals surface area contributed by atoms with Gasteiger partial charge in [0.2, 0.25) is 10.0 Å². The zero-order valence-corrected chi connectivity index (χ0v) is 12.0. The number of benzene rings is 1. The number of rotatable bonds is 5. The first-order chi connectivity index (χ1) is 9.47. The predicted molar refractivity (Wildman–Crippen MR) is 78.7 cm³/mol. The topological polar surface area (TPSA) is 85.1 Å². The van der Waals surface area contributed by atoms with Gasteiger partial charge in [-0.25, -0.2) is 18.1 Å². The minimum Gasteiger partial charge on any atom is -0.384 e. The van der Waals surface area contributed by atoms with Gasteiger partial charge in [0.15, 0.2) is 0 Å². The van der Waals surface area contributed by atoms with Gasteiger partial charge < -0.3 is 5.73 Å². The molecule has 0 saturated heterocycles. The minimum absolute atomic E-state index is 0.134. The van der Waals surface area contributed by atoms with Crippen LogP contribution in [-0.4, -0.2) is 19.9 Å². The van der Waals surface area contributed by atoms with E-state index in [2.05, 4.69) is 9.71 Å². The molecule has 0 radical (unpaired) electrons. The summed E-state index contributed by atoms with van der Waals surface area (Å²) in [5, 5.41) is 0. The van der Waals surface area contributed by atoms with Gasteiger partial charge in [-0.2, -0.15) is 0 Å². The summed E-state index contributed by atoms with van der Waals surface area (Å²) in [5.74, 6) is 0.187. The number of nitrogens with zero attached hydrogens (tertiary/aromatic N) is 1. The number of sulfonamides is 1. The molecule has 0 aliphatic rings. The van der Waals surface area contributed by atoms with E-state index in [-0.39, 0.29) is 10.7 Å². The SMILES string of the molecule is Cc1cccc(CCNS(=O)(=O)c2ccnc(N)c2)c1. The Bertz CT molecular complexity index is 699. The lowest BCUT2D eigenvalue weighted by Crippen LogP contribution is -2.26. The Labute approximate surface area is 118 Å². The molecule has 6 heteroatoms. The average Bonchev–Trinajstić information content (AvgIpc) is 2.38. The summed E-state index contributed by atoms with van der Waals surface area (Å²) in [5.41, 5.74) is 7.75. The molecular formula is C14H17N3O2S. The third kappa shape index (κ3) is 3.79. The summed E-state index contributed by atoms with van der Waals surface area (Å²) in [7, 11) is -3.53. The number of anilines is 1. The van der Waals surface area contributed by atoms with Crippen LogP contribution in [0.3, 0.4) is 0 Å². The smallest absolute Gasteiger partial charge is 0.240 e. The van der Waals surface area contributed by atoms with E-state index in [1.54, 1.807) is 0 Å². The molecule has 0 aliphatic carbocycles. The van der Waals surface area contributed by atoms with Crippen molar-refractivity contribution in [3.8, 4) is 0 Å². The highest BCUT2D eigenvalue weighted by Crippen LogP contribution is 2.10. The Morgan fingerprint density at radius 1 is 1.25 bits per heavy atom. The molecule has 106 valence electrons. The quantitative estimate of drug-likeness (QED) is 0.874. The van der Waals surface area contributed by atoms with Crippen molar-refractivity contribution in [1.29, 1.82) is 0 Å². The Kier molecular flexibility index (Phi) is 4.36. The zero-order valence-electron chi connectivity index (χ0n) is 11.2. The summed E-state index contributed by atoms with van der Waals surface area (Å²) in [6.45, 7) is 2.35. The number of hydrogen-bond acceptors (Lipinski definition) is 4. The maximum Gasteiger partial charge on any atom is 0.240 e. The number of pyridine rings is 1. The fourth-order valence-electron chi connectivity index (χ4n) is 1.88. The summed E-state index contributed by atoms with van der Waals surface area (Å²) < 4.78 is 26.7. The minimum atomic E-state index is -3.53. The molecule has 2 aromatic rings. The molecule has 2 rings (SSSR count). The summed E-state index contributed by atoms with van der Waals surface area (Å²) in [4.78, 5) is 3.91. The van der Waals surface area contributed by atoms with Gasteiger partial charge in [0.1, 0.15) is 5.82 Å². The third-order valence-corrected chi connectivity index (χ3v) is 4.31. The Balaban J connectivity index is 2.00. The van der Waals surface area contributed by atoms with Gasteiger partial charge in [-0.05, 0) is 25.0 Å². The van der Waals surface area contributed by atoms with Crippen LogP contribution in [0, 0.1) is 6.92 Å². The Morgan fingerprint density at radius 2 is 2.05 bits per heavy atom. The van der Waals surface area contributed by atoms with Crippen molar-refractivity contribution in [1.82, 2.24) is 9.71 Å². The predicted octanol–water partition coefficient (Wildman–Crippen LogP) is 1.49. The van der Waals surface area contributed by atoms with Gasteiger partial charge in [-0.15, -0.1) is 0 Å². The summed E-state index contributed by atoms with van der Waals surface area (Å²) in [6, 6.07) is 10.8. The van der Waals surface area contributed by atoms with Gasteiger partial charge in [-0.1, -0.05) is 29.8 Å². The zero-order chi connectivity index (χ0) is 14.6. The van der Waals surface area contributed by atoms with Gasteiger partial charge in [0.25, 0.3) is 0 Å². The fraction of sp³-hybridized carbons (Fsp3) is 0.214. The molecule has 1 heterocycles. The van der Waals surface area contributed by atoms with Crippen LogP contribution in [0.25, 0.3) is 0 Å². The van der Waals surface area contributed by atoms with Crippen molar-refractivity contribution in [3.05, 3.63) is 53.7 Å². The van der Waals surface area contributed by atoms with Gasteiger partial charge in [0, 0.05) is 18.8 Å². The number of nitrogens with two attached hydrogens (primary N) is 1. The van der Waals surface area contributed by atoms with Gasteiger partial charge in [-0.3, -0.25) is 0 Å². The second-order valence-electron chi connectivity index (χ2n) is 4.55. The van der Waals surface area contributed by atoms with Gasteiger partial charge in [0.05, 0.1) is 4.90 Å². The van der Waals surface area contributed by atoms with Crippen LogP contribution in [0.2, 0.25) is 0 Å². The van der Waals surface area contributed by atoms with Crippen LogP contribution >= 0.6 is 0 Å². The first-order valence-corrected chi connectivity index (χ1v) is 7.72. The number of aryl methyl sites for hydroxylation is 1. The van der Waals surface area contributed by atoms with Crippen LogP contribution in [0.15, 0.2) is 47.5 Å². The molecule has 20 heavy (non-hydrogen) atoms. The summed E-state index contributed by atoms with van der Waals surface area (Å²) >= 11 is 0. The molecule has 1 aromatic heterocycles. The Morgan fingerprint density at radius 3 is 2.75 bits per heavy atom. The molecular weight excluding hydrogens is 274 g/mol. The number of hydrogen-bond donors (Lipinski definition) is 2. The average molecular weight is 291 g/mol. The van der Waals surface area contributed by atoms with Crippen molar-refractivity contribution in [2.24, 2.45) is 0 Å². The fourth-order valence-corrected chi connectivity index (χ4v) is 2.93. The van der Waals surface area contributed by atoms with E-state index < -0.39 is 10.0 Å². The molecule has 0 fully saturated rings. The molecule has 0 saturated carbocycles. The van der Waals surface area contributed by atoms with E-state index in [1.165, 1.54) is 18.3 Å². The third-order valence-electron chi connectivity index (χ3n) is 2.85. The van der Waals surface area contributed by atoms with Gasteiger partial charge >= 0.3 is 0 Å². The van der Waals surface area contributed by atoms with Crippen LogP contribution in [0.5, 0.6) is 0 Å². The molecule has 0 aliphatic heterocycles. The summed E-state index contributed by atoms with van der Waals surface area (Å²) in [6.07, 6.45) is 2.02. The Hall–Kier alpha value is -1.92. The van der Waals surface area contributed by atoms with E-state index in [0.717, 1.165) is 11.1 Å². The van der Waals surface area contributed by atoms with Crippen molar-refractivity contribution in [2.75, 3.05) is 12.3 Å². The van der Waals surface area contributed by atoms with Crippen LogP contribution in [0.4, 0.5) is 5.82 Å². The largest absolute Gasteiger partial charge is 0.384 e. The molecule has 0 bridgehead atoms. The standard InChI is InChI=1S/C14H17N3O2S/c1-11-3-2-4-12(9-11)5-8-17-20(18,19)13-6-7-16-14(15)10-13/h2-4,6-7,9-10,17H,5,8H2,1H3,(H2,15,16). The first kappa shape index (κ1) is 14.5. The lowest BCUT2D eigenvalue weighted by molar-refractivity contribution is 0.581. The maximum atomic E-state index is 12.0. The second kappa shape index (κ2) is 6.02. The maximum absolute atomic E-state index is 12.0. The van der Waals surface area contributed by atoms with Crippen LogP contribution in [0.1, 0.15) is 11.1 Å². The molecule has 3 N–H and O–H groups in total. The van der Waals surface area contributed by atoms with E-state index in [1.807, 2.05) is 31.2 Å². The van der Waals surface area contributed by atoms with E-state index >= 15 is 0 Å². The molecule has 0 unspecified atom stereocenters. The number of nitrogen functional groups attached to an aromatic ring is 1. The van der Waals surface area contributed by atoms with Crippen molar-refractivity contribution < 1.29 is 8.42 Å². The van der Waals surface area contributed by atoms with Crippen molar-refractivity contribution >= 4 is 15.8 Å². The number of aromatic nitrogens is 1. The highest BCUT2D eigenvalue weighted by molar-refractivity contribution is 7.89.